The molecular weight excluding hydrogens is 119 g/mol. The summed E-state index contributed by atoms with van der Waals surface area (Å²) < 4.78 is 3.83. The molecule has 1 atom stereocenters. The van der Waals surface area contributed by atoms with E-state index in [0.717, 1.165) is 5.49 Å². The Hall–Kier alpha value is -0.620. The molecule has 0 aliphatic carbocycles. The number of rotatable bonds is 0. The maximum atomic E-state index is 3.83. The second-order valence-corrected chi connectivity index (χ2v) is 1.64. The summed E-state index contributed by atoms with van der Waals surface area (Å²) in [6, 6.07) is 5.74. The average molecular weight is 126 g/mol. The van der Waals surface area contributed by atoms with Crippen LogP contribution in [0.15, 0.2) is 29.2 Å². The van der Waals surface area contributed by atoms with Crippen molar-refractivity contribution in [3.63, 3.8) is 0 Å². The Morgan fingerprint density at radius 3 is 2.75 bits per heavy atom. The lowest BCUT2D eigenvalue weighted by molar-refractivity contribution is 1.19. The van der Waals surface area contributed by atoms with Crippen molar-refractivity contribution in [3.05, 3.63) is 29.9 Å². The van der Waals surface area contributed by atoms with Gasteiger partial charge in [0.2, 0.25) is 0 Å². The fourth-order valence-corrected chi connectivity index (χ4v) is 0.625. The number of aromatic nitrogens is 1. The van der Waals surface area contributed by atoms with E-state index in [9.17, 15) is 0 Å². The zero-order chi connectivity index (χ0) is 5.82. The molecule has 0 bridgehead atoms. The van der Waals surface area contributed by atoms with Crippen molar-refractivity contribution in [1.29, 1.82) is 0 Å². The molecule has 1 unspecified atom stereocenters. The minimum Gasteiger partial charge on any atom is -0.347 e. The standard InChI is InChI=1S/C5H7N2P/c8-7-5-3-1-2-4-6-5/h1-4H,8H2,(H,6,7). The lowest BCUT2D eigenvalue weighted by Crippen LogP contribution is -2.00. The minimum atomic E-state index is 0.873. The van der Waals surface area contributed by atoms with Crippen LogP contribution >= 0.6 is 9.39 Å². The molecule has 0 aliphatic rings. The zero-order valence-corrected chi connectivity index (χ0v) is 5.49. The van der Waals surface area contributed by atoms with Crippen LogP contribution < -0.4 is 5.49 Å². The molecule has 0 aromatic carbocycles. The number of H-pyrrole nitrogens is 1. The number of hydrogen-bond acceptors (Lipinski definition) is 1. The molecular formula is C5H7N2P. The third-order valence-electron chi connectivity index (χ3n) is 0.832. The lowest BCUT2D eigenvalue weighted by atomic mass is 10.5. The number of nitrogens with one attached hydrogen (secondary N) is 1. The number of nitrogens with zero attached hydrogens (tertiary/aromatic N) is 1. The molecule has 0 saturated heterocycles. The zero-order valence-electron chi connectivity index (χ0n) is 4.33. The van der Waals surface area contributed by atoms with Crippen molar-refractivity contribution in [2.45, 2.75) is 0 Å². The summed E-state index contributed by atoms with van der Waals surface area (Å²) in [6.07, 6.45) is 1.84. The highest BCUT2D eigenvalue weighted by Crippen LogP contribution is 1.76. The first-order valence-corrected chi connectivity index (χ1v) is 2.83. The molecule has 0 amide bonds. The van der Waals surface area contributed by atoms with Crippen LogP contribution in [0.25, 0.3) is 0 Å². The quantitative estimate of drug-likeness (QED) is 0.496. The smallest absolute Gasteiger partial charge is 0.128 e. The van der Waals surface area contributed by atoms with E-state index in [4.69, 9.17) is 0 Å². The van der Waals surface area contributed by atoms with Crippen molar-refractivity contribution in [1.82, 2.24) is 4.98 Å². The summed E-state index contributed by atoms with van der Waals surface area (Å²) in [5.41, 5.74) is 0.873. The van der Waals surface area contributed by atoms with E-state index in [2.05, 4.69) is 19.1 Å². The van der Waals surface area contributed by atoms with E-state index in [1.54, 1.807) is 0 Å². The van der Waals surface area contributed by atoms with Crippen molar-refractivity contribution in [3.8, 4) is 0 Å². The summed E-state index contributed by atoms with van der Waals surface area (Å²) >= 11 is 0. The molecule has 1 N–H and O–H groups in total. The van der Waals surface area contributed by atoms with Crippen LogP contribution in [0.1, 0.15) is 0 Å². The Balaban J connectivity index is 3.20. The Kier molecular flexibility index (Phi) is 1.81. The monoisotopic (exact) mass is 126 g/mol. The summed E-state index contributed by atoms with van der Waals surface area (Å²) in [6.45, 7) is 0. The van der Waals surface area contributed by atoms with Gasteiger partial charge in [0, 0.05) is 6.20 Å². The fraction of sp³-hybridized carbons (Fsp3) is 0. The van der Waals surface area contributed by atoms with Crippen molar-refractivity contribution < 1.29 is 0 Å². The van der Waals surface area contributed by atoms with Crippen LogP contribution in [0.4, 0.5) is 0 Å². The maximum Gasteiger partial charge on any atom is 0.128 e. The molecule has 42 valence electrons. The molecule has 0 spiro atoms. The number of aromatic amines is 1. The molecule has 1 rings (SSSR count). The van der Waals surface area contributed by atoms with Gasteiger partial charge in [0.25, 0.3) is 0 Å². The van der Waals surface area contributed by atoms with Crippen LogP contribution in [0.3, 0.4) is 0 Å². The molecule has 8 heavy (non-hydrogen) atoms. The number of hydrogen-bond donors (Lipinski definition) is 1. The molecule has 1 heterocycles. The van der Waals surface area contributed by atoms with Crippen LogP contribution in [0.5, 0.6) is 0 Å². The maximum absolute atomic E-state index is 3.83. The van der Waals surface area contributed by atoms with Gasteiger partial charge in [-0.3, -0.25) is 4.76 Å². The van der Waals surface area contributed by atoms with E-state index in [0.29, 0.717) is 0 Å². The highest BCUT2D eigenvalue weighted by Gasteiger charge is 1.68. The van der Waals surface area contributed by atoms with Gasteiger partial charge in [-0.15, -0.1) is 0 Å². The Bertz CT molecular complexity index is 198. The van der Waals surface area contributed by atoms with Crippen LogP contribution in [-0.2, 0) is 0 Å². The van der Waals surface area contributed by atoms with Crippen molar-refractivity contribution in [2.75, 3.05) is 0 Å². The van der Waals surface area contributed by atoms with Gasteiger partial charge in [0.1, 0.15) is 5.49 Å². The molecule has 0 saturated carbocycles. The topological polar surface area (TPSA) is 28.1 Å². The van der Waals surface area contributed by atoms with Crippen LogP contribution in [0.2, 0.25) is 0 Å². The lowest BCUT2D eigenvalue weighted by Gasteiger charge is -1.80. The van der Waals surface area contributed by atoms with E-state index in [-0.39, 0.29) is 0 Å². The molecule has 1 aromatic heterocycles. The molecule has 1 aromatic rings. The van der Waals surface area contributed by atoms with Crippen LogP contribution in [0, 0.1) is 0 Å². The third-order valence-corrected chi connectivity index (χ3v) is 1.11. The summed E-state index contributed by atoms with van der Waals surface area (Å²) in [7, 11) is 2.29. The summed E-state index contributed by atoms with van der Waals surface area (Å²) in [5.74, 6) is 0. The SMILES string of the molecule is PN=c1cccc[nH]1. The molecule has 0 fully saturated rings. The second-order valence-electron chi connectivity index (χ2n) is 1.38. The van der Waals surface area contributed by atoms with Gasteiger partial charge in [-0.1, -0.05) is 6.07 Å². The Morgan fingerprint density at radius 2 is 2.38 bits per heavy atom. The fourth-order valence-electron chi connectivity index (χ4n) is 0.464. The molecule has 3 heteroatoms. The largest absolute Gasteiger partial charge is 0.347 e. The first-order valence-electron chi connectivity index (χ1n) is 2.31. The Labute approximate surface area is 49.9 Å². The average Bonchev–Trinajstić information content (AvgIpc) is 1.90. The van der Waals surface area contributed by atoms with E-state index in [1.165, 1.54) is 0 Å². The minimum absolute atomic E-state index is 0.873. The van der Waals surface area contributed by atoms with Gasteiger partial charge in [-0.25, -0.2) is 0 Å². The first-order chi connectivity index (χ1) is 3.93. The predicted octanol–water partition coefficient (Wildman–Crippen LogP) is 0.706. The van der Waals surface area contributed by atoms with E-state index in [1.807, 2.05) is 24.4 Å². The van der Waals surface area contributed by atoms with Crippen molar-refractivity contribution in [2.24, 2.45) is 4.76 Å². The van der Waals surface area contributed by atoms with E-state index < -0.39 is 0 Å². The van der Waals surface area contributed by atoms with Gasteiger partial charge in [0.05, 0.1) is 0 Å². The summed E-state index contributed by atoms with van der Waals surface area (Å²) in [5, 5.41) is 0. The first kappa shape index (κ1) is 5.52. The van der Waals surface area contributed by atoms with Gasteiger partial charge in [0.15, 0.2) is 0 Å². The van der Waals surface area contributed by atoms with Gasteiger partial charge in [-0.2, -0.15) is 0 Å². The molecule has 0 aliphatic heterocycles. The third kappa shape index (κ3) is 1.17. The van der Waals surface area contributed by atoms with Gasteiger partial charge >= 0.3 is 0 Å². The molecule has 2 nitrogen and oxygen atoms in total. The Morgan fingerprint density at radius 1 is 1.50 bits per heavy atom. The normalized spacial score (nSPS) is 11.9. The summed E-state index contributed by atoms with van der Waals surface area (Å²) in [4.78, 5) is 2.93. The molecule has 0 radical (unpaired) electrons. The van der Waals surface area contributed by atoms with Gasteiger partial charge < -0.3 is 4.98 Å². The highest BCUT2D eigenvalue weighted by molar-refractivity contribution is 7.14. The van der Waals surface area contributed by atoms with Crippen LogP contribution in [-0.4, -0.2) is 4.98 Å². The predicted molar refractivity (Wildman–Crippen MR) is 36.1 cm³/mol. The van der Waals surface area contributed by atoms with E-state index >= 15 is 0 Å². The number of pyridine rings is 1. The van der Waals surface area contributed by atoms with Crippen molar-refractivity contribution >= 4 is 9.39 Å². The second kappa shape index (κ2) is 2.63. The van der Waals surface area contributed by atoms with Gasteiger partial charge in [-0.05, 0) is 21.5 Å². The highest BCUT2D eigenvalue weighted by atomic mass is 31.0.